The minimum Gasteiger partial charge on any atom is -0.481 e. The number of benzene rings is 2. The molecule has 0 bridgehead atoms. The third kappa shape index (κ3) is 6.47. The maximum atomic E-state index is 13.5. The molecule has 1 aromatic heterocycles. The highest BCUT2D eigenvalue weighted by Crippen LogP contribution is 2.34. The van der Waals surface area contributed by atoms with Gasteiger partial charge in [0.15, 0.2) is 5.96 Å². The summed E-state index contributed by atoms with van der Waals surface area (Å²) in [4.78, 5) is 41.5. The number of rotatable bonds is 8. The van der Waals surface area contributed by atoms with Gasteiger partial charge in [0.2, 0.25) is 5.91 Å². The number of aliphatic carboxylic acids is 1. The van der Waals surface area contributed by atoms with E-state index in [2.05, 4.69) is 31.1 Å². The molecule has 11 nitrogen and oxygen atoms in total. The molecule has 212 valence electrons. The molecule has 2 amide bonds. The van der Waals surface area contributed by atoms with Crippen LogP contribution in [0.3, 0.4) is 0 Å². The zero-order valence-corrected chi connectivity index (χ0v) is 21.0. The van der Waals surface area contributed by atoms with E-state index in [0.717, 1.165) is 12.1 Å². The predicted molar refractivity (Wildman–Crippen MR) is 137 cm³/mol. The van der Waals surface area contributed by atoms with Gasteiger partial charge in [0.1, 0.15) is 12.2 Å². The lowest BCUT2D eigenvalue weighted by molar-refractivity contribution is -0.138. The van der Waals surface area contributed by atoms with Gasteiger partial charge in [0.25, 0.3) is 5.91 Å². The zero-order valence-electron chi connectivity index (χ0n) is 21.0. The second kappa shape index (κ2) is 11.2. The van der Waals surface area contributed by atoms with Crippen molar-refractivity contribution in [2.45, 2.75) is 37.7 Å². The molecule has 2 heterocycles. The third-order valence-electron chi connectivity index (χ3n) is 6.26. The number of aromatic nitrogens is 2. The van der Waals surface area contributed by atoms with Crippen LogP contribution in [-0.2, 0) is 15.8 Å². The van der Waals surface area contributed by atoms with Gasteiger partial charge in [-0.3, -0.25) is 19.5 Å². The van der Waals surface area contributed by atoms with Crippen LogP contribution >= 0.6 is 0 Å². The number of amides is 2. The largest absolute Gasteiger partial charge is 0.481 e. The minimum absolute atomic E-state index is 0.0143. The summed E-state index contributed by atoms with van der Waals surface area (Å²) in [6, 6.07) is 4.07. The molecule has 4 rings (SSSR count). The fraction of sp³-hybridized carbons (Fsp3) is 0.320. The molecule has 0 aliphatic carbocycles. The summed E-state index contributed by atoms with van der Waals surface area (Å²) in [7, 11) is 0. The molecule has 2 unspecified atom stereocenters. The van der Waals surface area contributed by atoms with E-state index in [-0.39, 0.29) is 35.7 Å². The van der Waals surface area contributed by atoms with Crippen LogP contribution in [0.15, 0.2) is 41.5 Å². The second-order valence-corrected chi connectivity index (χ2v) is 9.34. The first kappa shape index (κ1) is 28.3. The minimum atomic E-state index is -4.73. The number of fused-ring (bicyclic) bond motifs is 1. The summed E-state index contributed by atoms with van der Waals surface area (Å²) in [6.07, 6.45) is -5.19. The van der Waals surface area contributed by atoms with E-state index in [1.54, 1.807) is 0 Å². The Kier molecular flexibility index (Phi) is 7.93. The molecule has 0 saturated heterocycles. The Morgan fingerprint density at radius 3 is 2.58 bits per heavy atom. The smallest absolute Gasteiger partial charge is 0.416 e. The van der Waals surface area contributed by atoms with E-state index < -0.39 is 54.1 Å². The Morgan fingerprint density at radius 2 is 1.95 bits per heavy atom. The van der Waals surface area contributed by atoms with Crippen LogP contribution < -0.4 is 21.7 Å². The average molecular weight is 564 g/mol. The number of H-pyrrole nitrogens is 1. The first-order chi connectivity index (χ1) is 18.8. The number of aliphatic imine (C=N–C) groups is 1. The molecule has 1 aliphatic heterocycles. The van der Waals surface area contributed by atoms with Crippen LogP contribution in [0.5, 0.6) is 0 Å². The van der Waals surface area contributed by atoms with E-state index in [1.807, 2.05) is 0 Å². The van der Waals surface area contributed by atoms with Gasteiger partial charge in [0, 0.05) is 16.9 Å². The van der Waals surface area contributed by atoms with Crippen molar-refractivity contribution in [2.75, 3.05) is 18.4 Å². The highest BCUT2D eigenvalue weighted by atomic mass is 19.4. The Labute approximate surface area is 224 Å². The van der Waals surface area contributed by atoms with Crippen molar-refractivity contribution in [1.82, 2.24) is 20.8 Å². The summed E-state index contributed by atoms with van der Waals surface area (Å²) in [5.74, 6) is -4.57. The number of anilines is 1. The van der Waals surface area contributed by atoms with Crippen LogP contribution in [0.1, 0.15) is 39.4 Å². The lowest BCUT2D eigenvalue weighted by Crippen LogP contribution is -2.48. The Morgan fingerprint density at radius 1 is 1.20 bits per heavy atom. The average Bonchev–Trinajstić information content (AvgIpc) is 3.35. The quantitative estimate of drug-likeness (QED) is 0.228. The summed E-state index contributed by atoms with van der Waals surface area (Å²) in [5.41, 5.74) is 5.28. The van der Waals surface area contributed by atoms with E-state index in [0.29, 0.717) is 16.6 Å². The maximum Gasteiger partial charge on any atom is 0.416 e. The normalized spacial score (nSPS) is 16.9. The van der Waals surface area contributed by atoms with Crippen molar-refractivity contribution >= 4 is 40.3 Å². The van der Waals surface area contributed by atoms with E-state index in [9.17, 15) is 37.1 Å². The molecule has 3 atom stereocenters. The SMILES string of the molecule is Cc1cc([C@H](CC(=O)O)C(NC(=O)c2cc(NC3=NCC(F)CN3)c3cn[nH]c3c2)C(N)=O)cc(C(F)(F)F)c1. The van der Waals surface area contributed by atoms with Gasteiger partial charge < -0.3 is 26.8 Å². The van der Waals surface area contributed by atoms with Crippen LogP contribution in [0.2, 0.25) is 0 Å². The number of carbonyl (C=O) groups excluding carboxylic acids is 2. The molecule has 15 heteroatoms. The Balaban J connectivity index is 1.68. The number of aryl methyl sites for hydroxylation is 1. The number of nitrogens with one attached hydrogen (secondary N) is 4. The molecule has 7 N–H and O–H groups in total. The predicted octanol–water partition coefficient (Wildman–Crippen LogP) is 2.44. The molecular formula is C25H25F4N7O4. The number of primary amides is 1. The molecule has 40 heavy (non-hydrogen) atoms. The number of guanidine groups is 1. The number of aromatic amines is 1. The number of carbonyl (C=O) groups is 3. The first-order valence-electron chi connectivity index (χ1n) is 12.0. The summed E-state index contributed by atoms with van der Waals surface area (Å²) in [5, 5.41) is 24.8. The molecule has 3 aromatic rings. The van der Waals surface area contributed by atoms with Gasteiger partial charge in [-0.05, 0) is 36.8 Å². The molecule has 1 aliphatic rings. The second-order valence-electron chi connectivity index (χ2n) is 9.34. The topological polar surface area (TPSA) is 175 Å². The van der Waals surface area contributed by atoms with E-state index >= 15 is 0 Å². The van der Waals surface area contributed by atoms with E-state index in [1.165, 1.54) is 31.3 Å². The van der Waals surface area contributed by atoms with Crippen molar-refractivity contribution in [3.8, 4) is 0 Å². The molecule has 0 spiro atoms. The van der Waals surface area contributed by atoms with Crippen LogP contribution in [0.4, 0.5) is 23.2 Å². The Hall–Kier alpha value is -4.69. The van der Waals surface area contributed by atoms with Crippen LogP contribution in [0, 0.1) is 6.92 Å². The maximum absolute atomic E-state index is 13.5. The first-order valence-corrected chi connectivity index (χ1v) is 12.0. The number of carboxylic acids is 1. The molecule has 2 aromatic carbocycles. The third-order valence-corrected chi connectivity index (χ3v) is 6.26. The van der Waals surface area contributed by atoms with Gasteiger partial charge >= 0.3 is 12.1 Å². The van der Waals surface area contributed by atoms with Gasteiger partial charge in [0.05, 0.1) is 42.5 Å². The standard InChI is InChI=1S/C25H25F4N7O4/c1-11-2-12(4-14(3-11)25(27,28)29)16(7-20(37)38)21(22(30)39)35-23(40)13-5-18(17-10-33-36-19(17)6-13)34-24-31-8-15(26)9-32-24/h2-6,10,15-16,21H,7-9H2,1H3,(H2,30,39)(H,33,36)(H,35,40)(H,37,38)(H2,31,32,34)/t16-,21?/m0/s1. The number of nitrogens with two attached hydrogens (primary N) is 1. The van der Waals surface area contributed by atoms with Crippen molar-refractivity contribution in [1.29, 1.82) is 0 Å². The van der Waals surface area contributed by atoms with Crippen molar-refractivity contribution in [2.24, 2.45) is 10.7 Å². The number of alkyl halides is 4. The highest BCUT2D eigenvalue weighted by molar-refractivity contribution is 6.07. The van der Waals surface area contributed by atoms with Gasteiger partial charge in [-0.15, -0.1) is 0 Å². The van der Waals surface area contributed by atoms with Gasteiger partial charge in [-0.1, -0.05) is 11.6 Å². The molecule has 0 radical (unpaired) electrons. The Bertz CT molecular complexity index is 1490. The summed E-state index contributed by atoms with van der Waals surface area (Å²) >= 11 is 0. The van der Waals surface area contributed by atoms with Crippen molar-refractivity contribution in [3.05, 3.63) is 58.8 Å². The fourth-order valence-electron chi connectivity index (χ4n) is 4.42. The van der Waals surface area contributed by atoms with Crippen LogP contribution in [-0.4, -0.2) is 64.4 Å². The number of nitrogens with zero attached hydrogens (tertiary/aromatic N) is 2. The van der Waals surface area contributed by atoms with Crippen molar-refractivity contribution < 1.29 is 37.1 Å². The lowest BCUT2D eigenvalue weighted by atomic mass is 9.86. The molecular weight excluding hydrogens is 538 g/mol. The van der Waals surface area contributed by atoms with E-state index in [4.69, 9.17) is 5.73 Å². The van der Waals surface area contributed by atoms with Gasteiger partial charge in [-0.25, -0.2) is 9.38 Å². The fourth-order valence-corrected chi connectivity index (χ4v) is 4.42. The molecule has 0 saturated carbocycles. The number of halogens is 4. The monoisotopic (exact) mass is 563 g/mol. The lowest BCUT2D eigenvalue weighted by Gasteiger charge is -2.26. The van der Waals surface area contributed by atoms with Gasteiger partial charge in [-0.2, -0.15) is 18.3 Å². The van der Waals surface area contributed by atoms with Crippen LogP contribution in [0.25, 0.3) is 10.9 Å². The number of hydrogen-bond donors (Lipinski definition) is 6. The van der Waals surface area contributed by atoms with Crippen molar-refractivity contribution in [3.63, 3.8) is 0 Å². The highest BCUT2D eigenvalue weighted by Gasteiger charge is 2.36. The summed E-state index contributed by atoms with van der Waals surface area (Å²) in [6.45, 7) is 1.35. The number of carboxylic acid groups (broad SMARTS) is 1. The molecule has 0 fully saturated rings. The number of hydrogen-bond acceptors (Lipinski definition) is 7. The zero-order chi connectivity index (χ0) is 29.2. The summed E-state index contributed by atoms with van der Waals surface area (Å²) < 4.78 is 53.8.